The van der Waals surface area contributed by atoms with E-state index < -0.39 is 12.0 Å². The van der Waals surface area contributed by atoms with Gasteiger partial charge >= 0.3 is 6.55 Å². The lowest BCUT2D eigenvalue weighted by atomic mass is 9.96. The number of rotatable bonds is 6. The summed E-state index contributed by atoms with van der Waals surface area (Å²) in [5.41, 5.74) is 1.38. The predicted octanol–water partition coefficient (Wildman–Crippen LogP) is 4.59. The minimum absolute atomic E-state index is 0.124. The van der Waals surface area contributed by atoms with Crippen LogP contribution in [0.25, 0.3) is 22.4 Å². The summed E-state index contributed by atoms with van der Waals surface area (Å²) in [4.78, 5) is 28.2. The topological polar surface area (TPSA) is 76.0 Å². The van der Waals surface area contributed by atoms with Gasteiger partial charge in [0.05, 0.1) is 11.0 Å². The quantitative estimate of drug-likeness (QED) is 0.619. The number of fused-ring (bicyclic) bond motifs is 1. The van der Waals surface area contributed by atoms with Crippen molar-refractivity contribution in [2.24, 2.45) is 5.41 Å². The van der Waals surface area contributed by atoms with Crippen LogP contribution in [-0.2, 0) is 9.59 Å². The Hall–Kier alpha value is -3.29. The van der Waals surface area contributed by atoms with Gasteiger partial charge in [-0.05, 0) is 36.4 Å². The second-order valence-electron chi connectivity index (χ2n) is 7.95. The molecule has 3 rings (SSSR count). The molecule has 0 saturated heterocycles. The Kier molecular flexibility index (Phi) is 6.14. The van der Waals surface area contributed by atoms with Crippen LogP contribution in [0, 0.1) is 5.41 Å². The lowest BCUT2D eigenvalue weighted by Gasteiger charge is -2.17. The lowest BCUT2D eigenvalue weighted by Crippen LogP contribution is -2.36. The van der Waals surface area contributed by atoms with Crippen LogP contribution in [0.4, 0.5) is 14.5 Å². The first-order valence-corrected chi connectivity index (χ1v) is 9.60. The SMILES string of the molecule is CC(C)(C)C(=O)NCCC(=O)Nc1ccc(-c2nc3ccccc3n2C(F)F)cc1. The molecule has 3 aromatic rings. The zero-order chi connectivity index (χ0) is 21.9. The molecule has 8 heteroatoms. The number of nitrogens with one attached hydrogen (secondary N) is 2. The fourth-order valence-corrected chi connectivity index (χ4v) is 2.93. The average molecular weight is 414 g/mol. The Morgan fingerprint density at radius 3 is 2.37 bits per heavy atom. The monoisotopic (exact) mass is 414 g/mol. The Labute approximate surface area is 173 Å². The van der Waals surface area contributed by atoms with Crippen molar-refractivity contribution in [1.82, 2.24) is 14.9 Å². The van der Waals surface area contributed by atoms with Crippen LogP contribution in [0.15, 0.2) is 48.5 Å². The van der Waals surface area contributed by atoms with Gasteiger partial charge in [0.25, 0.3) is 0 Å². The van der Waals surface area contributed by atoms with Gasteiger partial charge < -0.3 is 10.6 Å². The number of nitrogens with zero attached hydrogens (tertiary/aromatic N) is 2. The molecule has 30 heavy (non-hydrogen) atoms. The molecular weight excluding hydrogens is 390 g/mol. The van der Waals surface area contributed by atoms with E-state index in [0.717, 1.165) is 4.57 Å². The molecule has 6 nitrogen and oxygen atoms in total. The second-order valence-corrected chi connectivity index (χ2v) is 7.95. The molecule has 158 valence electrons. The fraction of sp³-hybridized carbons (Fsp3) is 0.318. The number of anilines is 1. The number of hydrogen-bond acceptors (Lipinski definition) is 3. The van der Waals surface area contributed by atoms with Crippen LogP contribution in [0.1, 0.15) is 33.7 Å². The number of benzene rings is 2. The Bertz CT molecular complexity index is 1050. The summed E-state index contributed by atoms with van der Waals surface area (Å²) in [6.07, 6.45) is 0.130. The average Bonchev–Trinajstić information content (AvgIpc) is 3.07. The van der Waals surface area contributed by atoms with Crippen molar-refractivity contribution >= 4 is 28.5 Å². The van der Waals surface area contributed by atoms with Crippen LogP contribution >= 0.6 is 0 Å². The molecule has 2 N–H and O–H groups in total. The molecule has 2 aromatic carbocycles. The predicted molar refractivity (Wildman–Crippen MR) is 112 cm³/mol. The molecular formula is C22H24F2N4O2. The summed E-state index contributed by atoms with van der Waals surface area (Å²) in [6.45, 7) is 2.90. The van der Waals surface area contributed by atoms with Gasteiger partial charge in [-0.1, -0.05) is 32.9 Å². The van der Waals surface area contributed by atoms with E-state index in [-0.39, 0.29) is 30.6 Å². The van der Waals surface area contributed by atoms with Crippen molar-refractivity contribution < 1.29 is 18.4 Å². The summed E-state index contributed by atoms with van der Waals surface area (Å²) in [7, 11) is 0. The second kappa shape index (κ2) is 8.61. The molecule has 0 bridgehead atoms. The third kappa shape index (κ3) is 4.82. The standard InChI is InChI=1S/C22H24F2N4O2/c1-22(2,3)20(30)25-13-12-18(29)26-15-10-8-14(9-11-15)19-27-16-6-4-5-7-17(16)28(19)21(23)24/h4-11,21H,12-13H2,1-3H3,(H,25,30)(H,26,29). The number of imidazole rings is 1. The van der Waals surface area contributed by atoms with E-state index in [9.17, 15) is 18.4 Å². The smallest absolute Gasteiger partial charge is 0.320 e. The molecule has 0 aliphatic heterocycles. The number of halogens is 2. The van der Waals surface area contributed by atoms with Gasteiger partial charge in [-0.25, -0.2) is 4.98 Å². The third-order valence-electron chi connectivity index (χ3n) is 4.54. The normalized spacial score (nSPS) is 11.7. The van der Waals surface area contributed by atoms with Gasteiger partial charge in [-0.3, -0.25) is 14.2 Å². The number of amides is 2. The number of carbonyl (C=O) groups excluding carboxylic acids is 2. The van der Waals surface area contributed by atoms with Crippen molar-refractivity contribution in [1.29, 1.82) is 0 Å². The van der Waals surface area contributed by atoms with Gasteiger partial charge in [0.2, 0.25) is 11.8 Å². The first kappa shape index (κ1) is 21.4. The minimum Gasteiger partial charge on any atom is -0.355 e. The van der Waals surface area contributed by atoms with Crippen molar-refractivity contribution in [2.45, 2.75) is 33.7 Å². The van der Waals surface area contributed by atoms with Crippen molar-refractivity contribution in [3.05, 3.63) is 48.5 Å². The molecule has 1 heterocycles. The highest BCUT2D eigenvalue weighted by molar-refractivity contribution is 5.91. The Balaban J connectivity index is 1.67. The van der Waals surface area contributed by atoms with Gasteiger partial charge in [-0.15, -0.1) is 0 Å². The maximum Gasteiger partial charge on any atom is 0.320 e. The summed E-state index contributed by atoms with van der Waals surface area (Å²) in [5.74, 6) is -0.215. The molecule has 0 fully saturated rings. The number of alkyl halides is 2. The van der Waals surface area contributed by atoms with E-state index >= 15 is 0 Å². The molecule has 0 aliphatic rings. The van der Waals surface area contributed by atoms with E-state index in [0.29, 0.717) is 22.3 Å². The summed E-state index contributed by atoms with van der Waals surface area (Å²) in [5, 5.41) is 5.45. The fourth-order valence-electron chi connectivity index (χ4n) is 2.93. The van der Waals surface area contributed by atoms with Gasteiger partial charge in [0, 0.05) is 29.6 Å². The van der Waals surface area contributed by atoms with E-state index in [1.807, 2.05) is 0 Å². The van der Waals surface area contributed by atoms with Gasteiger partial charge in [0.15, 0.2) is 0 Å². The van der Waals surface area contributed by atoms with Crippen molar-refractivity contribution in [3.63, 3.8) is 0 Å². The van der Waals surface area contributed by atoms with Crippen LogP contribution in [0.3, 0.4) is 0 Å². The van der Waals surface area contributed by atoms with Gasteiger partial charge in [-0.2, -0.15) is 8.78 Å². The molecule has 0 spiro atoms. The van der Waals surface area contributed by atoms with Crippen molar-refractivity contribution in [2.75, 3.05) is 11.9 Å². The highest BCUT2D eigenvalue weighted by Gasteiger charge is 2.21. The largest absolute Gasteiger partial charge is 0.355 e. The van der Waals surface area contributed by atoms with Crippen LogP contribution in [-0.4, -0.2) is 27.9 Å². The number of para-hydroxylation sites is 2. The van der Waals surface area contributed by atoms with E-state index in [1.165, 1.54) is 0 Å². The van der Waals surface area contributed by atoms with Gasteiger partial charge in [0.1, 0.15) is 5.82 Å². The van der Waals surface area contributed by atoms with Crippen molar-refractivity contribution in [3.8, 4) is 11.4 Å². The minimum atomic E-state index is -2.73. The number of hydrogen-bond donors (Lipinski definition) is 2. The van der Waals surface area contributed by atoms with Crippen LogP contribution < -0.4 is 10.6 Å². The Morgan fingerprint density at radius 1 is 1.07 bits per heavy atom. The van der Waals surface area contributed by atoms with E-state index in [1.54, 1.807) is 69.3 Å². The highest BCUT2D eigenvalue weighted by atomic mass is 19.3. The maximum atomic E-state index is 13.6. The first-order chi connectivity index (χ1) is 14.2. The van der Waals surface area contributed by atoms with Crippen LogP contribution in [0.5, 0.6) is 0 Å². The molecule has 0 radical (unpaired) electrons. The summed E-state index contributed by atoms with van der Waals surface area (Å²) >= 11 is 0. The maximum absolute atomic E-state index is 13.6. The molecule has 1 aromatic heterocycles. The molecule has 0 aliphatic carbocycles. The summed E-state index contributed by atoms with van der Waals surface area (Å²) in [6, 6.07) is 13.3. The summed E-state index contributed by atoms with van der Waals surface area (Å²) < 4.78 is 28.1. The van der Waals surface area contributed by atoms with Crippen LogP contribution in [0.2, 0.25) is 0 Å². The lowest BCUT2D eigenvalue weighted by molar-refractivity contribution is -0.128. The Morgan fingerprint density at radius 2 is 1.73 bits per heavy atom. The molecule has 0 saturated carbocycles. The first-order valence-electron chi connectivity index (χ1n) is 9.60. The molecule has 0 atom stereocenters. The molecule has 2 amide bonds. The number of carbonyl (C=O) groups is 2. The zero-order valence-corrected chi connectivity index (χ0v) is 17.1. The third-order valence-corrected chi connectivity index (χ3v) is 4.54. The zero-order valence-electron chi connectivity index (χ0n) is 17.1. The van der Waals surface area contributed by atoms with E-state index in [2.05, 4.69) is 15.6 Å². The molecule has 0 unspecified atom stereocenters. The number of aromatic nitrogens is 2. The highest BCUT2D eigenvalue weighted by Crippen LogP contribution is 2.30. The van der Waals surface area contributed by atoms with E-state index in [4.69, 9.17) is 0 Å².